The van der Waals surface area contributed by atoms with E-state index < -0.39 is 46.8 Å². The Kier molecular flexibility index (Phi) is 10.5. The average Bonchev–Trinajstić information content (AvgIpc) is 3.71. The van der Waals surface area contributed by atoms with Crippen LogP contribution in [0.15, 0.2) is 29.1 Å². The van der Waals surface area contributed by atoms with Gasteiger partial charge in [-0.15, -0.1) is 0 Å². The lowest BCUT2D eigenvalue weighted by Crippen LogP contribution is -2.53. The second kappa shape index (κ2) is 15.2. The van der Waals surface area contributed by atoms with Crippen LogP contribution in [0.2, 0.25) is 0 Å². The van der Waals surface area contributed by atoms with E-state index in [1.54, 1.807) is 26.8 Å². The smallest absolute Gasteiger partial charge is 0.343 e. The molecule has 17 heteroatoms. The fraction of sp³-hybridized carbons (Fsp3) is 0.450. The molecule has 0 saturated carbocycles. The largest absolute Gasteiger partial charge is 0.490 e. The number of amides is 5. The minimum atomic E-state index is -2.00. The second-order valence-corrected chi connectivity index (χ2v) is 15.1. The van der Waals surface area contributed by atoms with Crippen molar-refractivity contribution in [1.82, 2.24) is 25.1 Å². The molecule has 0 fully saturated rings. The Balaban J connectivity index is 1.04. The highest BCUT2D eigenvalue weighted by Crippen LogP contribution is 2.46. The van der Waals surface area contributed by atoms with Gasteiger partial charge in [-0.25, -0.2) is 14.2 Å². The molecule has 4 N–H and O–H groups in total. The number of pyridine rings is 2. The second-order valence-electron chi connectivity index (χ2n) is 15.1. The van der Waals surface area contributed by atoms with Crippen LogP contribution < -0.4 is 26.2 Å². The number of carbonyl (C=O) groups is 6. The molecule has 6 heterocycles. The fourth-order valence-electron chi connectivity index (χ4n) is 7.83. The van der Waals surface area contributed by atoms with Gasteiger partial charge in [-0.2, -0.15) is 0 Å². The van der Waals surface area contributed by atoms with Gasteiger partial charge in [-0.3, -0.25) is 33.7 Å². The first-order valence-electron chi connectivity index (χ1n) is 19.1. The van der Waals surface area contributed by atoms with Gasteiger partial charge in [0.15, 0.2) is 17.2 Å². The van der Waals surface area contributed by atoms with E-state index in [-0.39, 0.29) is 90.9 Å². The van der Waals surface area contributed by atoms with Crippen LogP contribution in [0.25, 0.3) is 22.3 Å². The van der Waals surface area contributed by atoms with Crippen molar-refractivity contribution in [3.8, 4) is 17.1 Å². The quantitative estimate of drug-likeness (QED) is 0.0876. The van der Waals surface area contributed by atoms with E-state index in [1.807, 2.05) is 0 Å². The normalized spacial score (nSPS) is 18.8. The zero-order chi connectivity index (χ0) is 40.9. The molecule has 16 nitrogen and oxygen atoms in total. The van der Waals surface area contributed by atoms with E-state index >= 15 is 4.39 Å². The molecule has 0 bridgehead atoms. The topological polar surface area (TPSA) is 215 Å². The molecule has 0 unspecified atom stereocenters. The van der Waals surface area contributed by atoms with E-state index in [0.717, 1.165) is 16.5 Å². The van der Waals surface area contributed by atoms with Crippen LogP contribution >= 0.6 is 0 Å². The third-order valence-corrected chi connectivity index (χ3v) is 11.0. The first kappa shape index (κ1) is 39.3. The third kappa shape index (κ3) is 6.93. The molecule has 7 rings (SSSR count). The maximum atomic E-state index is 15.9. The molecule has 1 aromatic carbocycles. The average molecular weight is 787 g/mol. The molecule has 0 spiro atoms. The SMILES string of the molecule is CC[C@@]1(O)C(=O)OCc2c1cc1n(c2=O)Cc2c-1nc1cc(F)c(NC(=O)[C@H](C)NC(=O)[C@@H](NC(=O)CCCCCN3C(=O)C=CC3=O)C(C)C)c3c1c2CCO3. The van der Waals surface area contributed by atoms with Crippen molar-refractivity contribution in [2.24, 2.45) is 5.92 Å². The van der Waals surface area contributed by atoms with Gasteiger partial charge in [0.05, 0.1) is 35.6 Å². The van der Waals surface area contributed by atoms with E-state index in [9.17, 15) is 38.7 Å². The Labute approximate surface area is 325 Å². The van der Waals surface area contributed by atoms with Gasteiger partial charge in [-0.1, -0.05) is 27.2 Å². The molecule has 0 saturated heterocycles. The molecule has 3 aromatic rings. The Bertz CT molecular complexity index is 2340. The molecule has 2 aromatic heterocycles. The number of imide groups is 1. The number of nitrogens with zero attached hydrogens (tertiary/aromatic N) is 3. The number of aliphatic hydroxyl groups is 1. The third-order valence-electron chi connectivity index (χ3n) is 11.0. The summed E-state index contributed by atoms with van der Waals surface area (Å²) in [5.74, 6) is -4.42. The predicted molar refractivity (Wildman–Crippen MR) is 201 cm³/mol. The predicted octanol–water partition coefficient (Wildman–Crippen LogP) is 2.22. The molecule has 0 radical (unpaired) electrons. The lowest BCUT2D eigenvalue weighted by atomic mass is 9.86. The summed E-state index contributed by atoms with van der Waals surface area (Å²) in [6.07, 6.45) is 4.50. The van der Waals surface area contributed by atoms with Gasteiger partial charge in [0.1, 0.15) is 24.4 Å². The van der Waals surface area contributed by atoms with Crippen LogP contribution in [0.4, 0.5) is 10.1 Å². The number of anilines is 1. The van der Waals surface area contributed by atoms with Crippen molar-refractivity contribution in [2.45, 2.75) is 97.1 Å². The summed E-state index contributed by atoms with van der Waals surface area (Å²) in [6, 6.07) is 0.610. The van der Waals surface area contributed by atoms with Crippen molar-refractivity contribution in [3.63, 3.8) is 0 Å². The summed E-state index contributed by atoms with van der Waals surface area (Å²) in [4.78, 5) is 95.1. The summed E-state index contributed by atoms with van der Waals surface area (Å²) >= 11 is 0. The number of rotatable bonds is 13. The molecular weight excluding hydrogens is 743 g/mol. The summed E-state index contributed by atoms with van der Waals surface area (Å²) in [5, 5.41) is 19.6. The van der Waals surface area contributed by atoms with Gasteiger partial charge in [0.25, 0.3) is 17.4 Å². The minimum Gasteiger partial charge on any atom is -0.490 e. The van der Waals surface area contributed by atoms with Gasteiger partial charge in [0.2, 0.25) is 17.7 Å². The maximum Gasteiger partial charge on any atom is 0.343 e. The highest BCUT2D eigenvalue weighted by Gasteiger charge is 2.46. The molecule has 4 aliphatic heterocycles. The zero-order valence-corrected chi connectivity index (χ0v) is 32.0. The molecule has 3 atom stereocenters. The summed E-state index contributed by atoms with van der Waals surface area (Å²) in [5.41, 5.74) is 0.0991. The zero-order valence-electron chi connectivity index (χ0n) is 32.0. The Morgan fingerprint density at radius 2 is 1.70 bits per heavy atom. The van der Waals surface area contributed by atoms with Crippen LogP contribution in [0.3, 0.4) is 0 Å². The fourth-order valence-corrected chi connectivity index (χ4v) is 7.83. The number of nitrogens with one attached hydrogen (secondary N) is 3. The van der Waals surface area contributed by atoms with Crippen LogP contribution in [0, 0.1) is 11.7 Å². The number of hydrogen-bond acceptors (Lipinski definition) is 11. The lowest BCUT2D eigenvalue weighted by Gasteiger charge is -2.31. The first-order chi connectivity index (χ1) is 27.1. The van der Waals surface area contributed by atoms with Gasteiger partial charge < -0.3 is 35.1 Å². The maximum absolute atomic E-state index is 15.9. The molecule has 57 heavy (non-hydrogen) atoms. The molecule has 5 amide bonds. The highest BCUT2D eigenvalue weighted by atomic mass is 19.1. The van der Waals surface area contributed by atoms with Gasteiger partial charge in [-0.05, 0) is 43.7 Å². The van der Waals surface area contributed by atoms with E-state index in [0.29, 0.717) is 48.0 Å². The highest BCUT2D eigenvalue weighted by molar-refractivity contribution is 6.12. The van der Waals surface area contributed by atoms with Crippen molar-refractivity contribution in [3.05, 3.63) is 62.7 Å². The Morgan fingerprint density at radius 1 is 0.965 bits per heavy atom. The van der Waals surface area contributed by atoms with E-state index in [1.165, 1.54) is 23.6 Å². The molecule has 300 valence electrons. The van der Waals surface area contributed by atoms with Gasteiger partial charge >= 0.3 is 5.97 Å². The summed E-state index contributed by atoms with van der Waals surface area (Å²) in [6.45, 7) is 6.76. The van der Waals surface area contributed by atoms with Crippen molar-refractivity contribution < 1.29 is 47.7 Å². The molecule has 0 aliphatic carbocycles. The van der Waals surface area contributed by atoms with Crippen molar-refractivity contribution in [1.29, 1.82) is 0 Å². The number of aromatic nitrogens is 2. The molecule has 4 aliphatic rings. The van der Waals surface area contributed by atoms with Crippen molar-refractivity contribution in [2.75, 3.05) is 18.5 Å². The number of carbonyl (C=O) groups excluding carboxylic acids is 6. The monoisotopic (exact) mass is 786 g/mol. The number of esters is 1. The number of benzene rings is 1. The summed E-state index contributed by atoms with van der Waals surface area (Å²) in [7, 11) is 0. The minimum absolute atomic E-state index is 0.0152. The van der Waals surface area contributed by atoms with Crippen LogP contribution in [-0.4, -0.2) is 80.3 Å². The number of cyclic esters (lactones) is 1. The van der Waals surface area contributed by atoms with Crippen molar-refractivity contribution >= 4 is 52.1 Å². The Morgan fingerprint density at radius 3 is 2.40 bits per heavy atom. The Hall–Kier alpha value is -5.97. The van der Waals surface area contributed by atoms with E-state index in [4.69, 9.17) is 14.5 Å². The number of hydrogen-bond donors (Lipinski definition) is 4. The first-order valence-corrected chi connectivity index (χ1v) is 19.1. The van der Waals surface area contributed by atoms with Crippen LogP contribution in [0.1, 0.15) is 82.1 Å². The number of ether oxygens (including phenoxy) is 2. The van der Waals surface area contributed by atoms with Gasteiger partial charge in [0, 0.05) is 54.1 Å². The van der Waals surface area contributed by atoms with Crippen LogP contribution in [-0.2, 0) is 58.7 Å². The summed E-state index contributed by atoms with van der Waals surface area (Å²) < 4.78 is 28.5. The lowest BCUT2D eigenvalue weighted by molar-refractivity contribution is -0.172. The standard InChI is InChI=1S/C40H43FN6O10/c1-5-40(55)24-15-27-33-22(17-47(27)38(53)23(24)18-57-39(40)54)21-12-14-56-35-31(21)26(43-33)16-25(41)34(35)45-36(51)20(4)42-37(52)32(19(2)3)44-28(48)9-7-6-8-13-46-29(49)10-11-30(46)50/h10-11,15-16,19-20,32,55H,5-9,12-14,17-18H2,1-4H3,(H,42,52)(H,44,48)(H,45,51)/t20-,32-,40-/m0/s1. The number of fused-ring (bicyclic) bond motifs is 5. The van der Waals surface area contributed by atoms with E-state index in [2.05, 4.69) is 16.0 Å². The molecular formula is C40H43FN6O10. The van der Waals surface area contributed by atoms with Crippen LogP contribution in [0.5, 0.6) is 5.75 Å². The number of unbranched alkanes of at least 4 members (excludes halogenated alkanes) is 2. The number of halogens is 1.